The number of alkyl halides is 1. The van der Waals surface area contributed by atoms with Crippen LogP contribution >= 0.6 is 15.9 Å². The maximum atomic E-state index is 13.8. The van der Waals surface area contributed by atoms with Gasteiger partial charge in [-0.25, -0.2) is 0 Å². The summed E-state index contributed by atoms with van der Waals surface area (Å²) >= 11 is 2.94. The Hall–Kier alpha value is -3.49. The van der Waals surface area contributed by atoms with Gasteiger partial charge in [-0.15, -0.1) is 0 Å². The van der Waals surface area contributed by atoms with Gasteiger partial charge in [-0.1, -0.05) is 22.0 Å². The van der Waals surface area contributed by atoms with Crippen molar-refractivity contribution in [3.05, 3.63) is 23.3 Å². The van der Waals surface area contributed by atoms with Crippen LogP contribution in [0.4, 0.5) is 5.69 Å². The summed E-state index contributed by atoms with van der Waals surface area (Å²) in [5, 5.41) is 33.7. The number of fused-ring (bicyclic) bond motifs is 3. The highest BCUT2D eigenvalue weighted by atomic mass is 79.9. The van der Waals surface area contributed by atoms with Crippen molar-refractivity contribution in [1.82, 2.24) is 4.90 Å². The van der Waals surface area contributed by atoms with Crippen molar-refractivity contribution in [2.24, 2.45) is 29.4 Å². The number of hydrogen-bond donors (Lipinski definition) is 5. The average Bonchev–Trinajstić information content (AvgIpc) is 2.82. The molecule has 6 N–H and O–H groups in total. The molecule has 3 aliphatic rings. The van der Waals surface area contributed by atoms with Crippen molar-refractivity contribution < 1.29 is 48.9 Å². The molecule has 3 aliphatic carbocycles. The van der Waals surface area contributed by atoms with Crippen molar-refractivity contribution in [2.75, 3.05) is 19.4 Å². The van der Waals surface area contributed by atoms with E-state index in [4.69, 9.17) is 10.8 Å². The van der Waals surface area contributed by atoms with Gasteiger partial charge in [-0.3, -0.25) is 38.5 Å². The molecule has 4 rings (SSSR count). The maximum Gasteiger partial charge on any atom is 0.305 e. The van der Waals surface area contributed by atoms with E-state index in [-0.39, 0.29) is 24.1 Å². The van der Waals surface area contributed by atoms with Crippen LogP contribution in [0.3, 0.4) is 0 Å². The lowest BCUT2D eigenvalue weighted by molar-refractivity contribution is -0.181. The number of rotatable bonds is 6. The number of ketones is 4. The van der Waals surface area contributed by atoms with E-state index in [1.54, 1.807) is 0 Å². The van der Waals surface area contributed by atoms with E-state index < -0.39 is 93.2 Å². The fourth-order valence-electron chi connectivity index (χ4n) is 6.14. The summed E-state index contributed by atoms with van der Waals surface area (Å²) in [6.45, 7) is 0. The van der Waals surface area contributed by atoms with E-state index in [0.717, 1.165) is 0 Å². The van der Waals surface area contributed by atoms with Gasteiger partial charge in [0.2, 0.25) is 11.8 Å². The van der Waals surface area contributed by atoms with Gasteiger partial charge in [0.15, 0.2) is 34.7 Å². The number of carbonyl (C=O) groups excluding carboxylic acids is 6. The van der Waals surface area contributed by atoms with Crippen LogP contribution in [0, 0.1) is 23.7 Å². The van der Waals surface area contributed by atoms with Crippen LogP contribution in [-0.4, -0.2) is 91.7 Å². The number of primary amides is 1. The zero-order valence-corrected chi connectivity index (χ0v) is 22.4. The third-order valence-corrected chi connectivity index (χ3v) is 8.57. The van der Waals surface area contributed by atoms with Crippen LogP contribution in [0.15, 0.2) is 12.1 Å². The Morgan fingerprint density at radius 2 is 1.82 bits per heavy atom. The number of nitrogens with one attached hydrogen (secondary N) is 1. The first-order valence-corrected chi connectivity index (χ1v) is 12.9. The number of likely N-dealkylation sites (N-methyl/N-ethyl adjacent to an activating group) is 1. The second kappa shape index (κ2) is 9.92. The predicted octanol–water partition coefficient (Wildman–Crippen LogP) is -0.956. The third-order valence-electron chi connectivity index (χ3n) is 7.83. The quantitative estimate of drug-likeness (QED) is 0.150. The van der Waals surface area contributed by atoms with Crippen LogP contribution < -0.4 is 11.1 Å². The number of nitrogens with zero attached hydrogens (tertiary/aromatic N) is 1. The number of carbonyl (C=O) groups is 7. The Kier molecular flexibility index (Phi) is 7.25. The molecule has 2 saturated carbocycles. The molecule has 1 aromatic rings. The van der Waals surface area contributed by atoms with Crippen molar-refractivity contribution in [2.45, 2.75) is 35.7 Å². The van der Waals surface area contributed by atoms with Gasteiger partial charge in [0.25, 0.3) is 0 Å². The van der Waals surface area contributed by atoms with E-state index >= 15 is 0 Å². The molecule has 0 spiro atoms. The Balaban J connectivity index is 1.74. The molecule has 0 aliphatic heterocycles. The van der Waals surface area contributed by atoms with Crippen LogP contribution in [0.1, 0.15) is 28.8 Å². The summed E-state index contributed by atoms with van der Waals surface area (Å²) in [4.78, 5) is 89.3. The van der Waals surface area contributed by atoms with E-state index in [9.17, 15) is 43.8 Å². The van der Waals surface area contributed by atoms with Crippen molar-refractivity contribution in [1.29, 1.82) is 0 Å². The van der Waals surface area contributed by atoms with Gasteiger partial charge in [0, 0.05) is 5.92 Å². The van der Waals surface area contributed by atoms with Gasteiger partial charge < -0.3 is 26.4 Å². The number of phenols is 1. The van der Waals surface area contributed by atoms with Crippen LogP contribution in [0.5, 0.6) is 5.75 Å². The van der Waals surface area contributed by atoms with Gasteiger partial charge in [0.05, 0.1) is 29.6 Å². The number of amides is 2. The minimum Gasteiger partial charge on any atom is -0.505 e. The fourth-order valence-corrected chi connectivity index (χ4v) is 6.53. The first kappa shape index (κ1) is 28.5. The summed E-state index contributed by atoms with van der Waals surface area (Å²) in [6, 6.07) is 1.60. The molecule has 0 heterocycles. The number of aliphatic carboxylic acids is 1. The minimum absolute atomic E-state index is 0.0771. The number of anilines is 1. The molecular formula is C25H26BrN3O10. The molecule has 0 aromatic heterocycles. The molecular weight excluding hydrogens is 582 g/mol. The number of aromatic hydroxyl groups is 1. The average molecular weight is 608 g/mol. The first-order valence-electron chi connectivity index (χ1n) is 12.0. The first-order chi connectivity index (χ1) is 18.1. The monoisotopic (exact) mass is 607 g/mol. The summed E-state index contributed by atoms with van der Waals surface area (Å²) in [6.07, 6.45) is -0.553. The topological polar surface area (TPSA) is 221 Å². The highest BCUT2D eigenvalue weighted by molar-refractivity contribution is 9.10. The highest BCUT2D eigenvalue weighted by Crippen LogP contribution is 2.51. The Labute approximate surface area is 229 Å². The lowest BCUT2D eigenvalue weighted by atomic mass is 9.52. The van der Waals surface area contributed by atoms with E-state index in [2.05, 4.69) is 21.2 Å². The van der Waals surface area contributed by atoms with Crippen molar-refractivity contribution in [3.8, 4) is 5.75 Å². The largest absolute Gasteiger partial charge is 0.505 e. The Morgan fingerprint density at radius 1 is 1.18 bits per heavy atom. The lowest BCUT2D eigenvalue weighted by Crippen LogP contribution is -2.74. The maximum absolute atomic E-state index is 13.8. The van der Waals surface area contributed by atoms with Gasteiger partial charge in [-0.2, -0.15) is 0 Å². The van der Waals surface area contributed by atoms with Crippen molar-refractivity contribution in [3.63, 3.8) is 0 Å². The molecule has 13 nitrogen and oxygen atoms in total. The number of nitrogens with two attached hydrogens (primary N) is 1. The van der Waals surface area contributed by atoms with Crippen LogP contribution in [0.25, 0.3) is 0 Å². The SMILES string of the molecule is CN(C)[C@@H]1C(=O)C(C(N)=O)C(=O)[C@@]2(O)C(=O)C3C(=O)c4c(ccc(NC(=O)C(Br)CC(=O)O)c4O)CC3CC12. The number of Topliss-reactive ketones (excluding diaryl/α,β-unsaturated/α-hetero) is 4. The van der Waals surface area contributed by atoms with E-state index in [1.165, 1.54) is 31.1 Å². The molecule has 0 bridgehead atoms. The van der Waals surface area contributed by atoms with Crippen LogP contribution in [0.2, 0.25) is 0 Å². The number of hydrogen-bond acceptors (Lipinski definition) is 10. The molecule has 39 heavy (non-hydrogen) atoms. The summed E-state index contributed by atoms with van der Waals surface area (Å²) in [5.74, 6) is -13.9. The number of phenolic OH excluding ortho intramolecular Hbond substituents is 1. The summed E-state index contributed by atoms with van der Waals surface area (Å²) in [7, 11) is 2.99. The number of carboxylic acid groups (broad SMARTS) is 1. The second-order valence-electron chi connectivity index (χ2n) is 10.3. The number of aliphatic hydroxyl groups is 1. The highest BCUT2D eigenvalue weighted by Gasteiger charge is 2.69. The van der Waals surface area contributed by atoms with E-state index in [0.29, 0.717) is 5.56 Å². The van der Waals surface area contributed by atoms with E-state index in [1.807, 2.05) is 0 Å². The predicted molar refractivity (Wildman–Crippen MR) is 135 cm³/mol. The minimum atomic E-state index is -2.83. The molecule has 5 unspecified atom stereocenters. The number of halogens is 1. The van der Waals surface area contributed by atoms with Gasteiger partial charge in [-0.05, 0) is 44.5 Å². The zero-order valence-electron chi connectivity index (χ0n) is 20.8. The molecule has 2 fully saturated rings. The second-order valence-corrected chi connectivity index (χ2v) is 11.4. The molecule has 2 amide bonds. The van der Waals surface area contributed by atoms with Crippen LogP contribution in [-0.2, 0) is 35.2 Å². The molecule has 208 valence electrons. The Bertz CT molecular complexity index is 1340. The normalized spacial score (nSPS) is 30.7. The third kappa shape index (κ3) is 4.36. The molecule has 7 atom stereocenters. The summed E-state index contributed by atoms with van der Waals surface area (Å²) in [5.41, 5.74) is 2.31. The number of benzene rings is 1. The fraction of sp³-hybridized carbons (Fsp3) is 0.480. The number of carboxylic acids is 1. The summed E-state index contributed by atoms with van der Waals surface area (Å²) < 4.78 is 0. The standard InChI is InChI=1S/C25H26BrN3O10/c1-29(2)17-10-6-9-5-8-3-4-12(28-24(38)11(26)7-13(30)31)18(32)14(8)19(33)15(9)21(35)25(10,39)22(36)16(20(17)34)23(27)37/h3-4,9-11,15-17,32,39H,5-7H2,1-2H3,(H2,27,37)(H,28,38)(H,30,31)/t9?,10?,11?,15?,16?,17-,25-/m0/s1. The molecule has 1 aromatic carbocycles. The van der Waals surface area contributed by atoms with Gasteiger partial charge in [0.1, 0.15) is 10.6 Å². The molecule has 14 heteroatoms. The Morgan fingerprint density at radius 3 is 2.38 bits per heavy atom. The molecule has 0 radical (unpaired) electrons. The molecule has 0 saturated heterocycles. The van der Waals surface area contributed by atoms with Crippen molar-refractivity contribution >= 4 is 62.5 Å². The lowest BCUT2D eigenvalue weighted by Gasteiger charge is -2.52. The van der Waals surface area contributed by atoms with Gasteiger partial charge >= 0.3 is 5.97 Å². The smallest absolute Gasteiger partial charge is 0.305 e. The zero-order chi connectivity index (χ0) is 29.1.